The quantitative estimate of drug-likeness (QED) is 0.870. The number of nitrogens with one attached hydrogen (secondary N) is 1. The molecule has 142 valence electrons. The number of halogens is 3. The Kier molecular flexibility index (Phi) is 4.40. The zero-order chi connectivity index (χ0) is 18.3. The fourth-order valence-electron chi connectivity index (χ4n) is 4.32. The molecule has 3 heterocycles. The summed E-state index contributed by atoms with van der Waals surface area (Å²) in [5.74, 6) is 0.626. The van der Waals surface area contributed by atoms with Crippen LogP contribution in [0.5, 0.6) is 0 Å². The number of anilines is 1. The van der Waals surface area contributed by atoms with Gasteiger partial charge in [0.15, 0.2) is 0 Å². The summed E-state index contributed by atoms with van der Waals surface area (Å²) in [5, 5.41) is 3.10. The van der Waals surface area contributed by atoms with E-state index in [2.05, 4.69) is 15.3 Å². The molecule has 1 N–H and O–H groups in total. The summed E-state index contributed by atoms with van der Waals surface area (Å²) < 4.78 is 38.5. The maximum Gasteiger partial charge on any atom is 0.433 e. The SMILES string of the molecule is O=C(NC1CCCC1)N1CC2CN(c3nccc(C(F)(F)F)n3)CC2C1. The first kappa shape index (κ1) is 17.4. The number of alkyl halides is 3. The van der Waals surface area contributed by atoms with Gasteiger partial charge in [-0.1, -0.05) is 12.8 Å². The summed E-state index contributed by atoms with van der Waals surface area (Å²) in [6.45, 7) is 2.44. The van der Waals surface area contributed by atoms with E-state index in [-0.39, 0.29) is 29.9 Å². The van der Waals surface area contributed by atoms with Gasteiger partial charge in [0.05, 0.1) is 0 Å². The summed E-state index contributed by atoms with van der Waals surface area (Å²) in [6.07, 6.45) is 1.12. The number of likely N-dealkylation sites (tertiary alicyclic amines) is 1. The molecule has 0 spiro atoms. The Morgan fingerprint density at radius 3 is 2.38 bits per heavy atom. The third-order valence-electron chi connectivity index (χ3n) is 5.67. The lowest BCUT2D eigenvalue weighted by atomic mass is 10.0. The van der Waals surface area contributed by atoms with Gasteiger partial charge in [-0.3, -0.25) is 0 Å². The lowest BCUT2D eigenvalue weighted by Gasteiger charge is -2.24. The van der Waals surface area contributed by atoms with Crippen molar-refractivity contribution in [1.82, 2.24) is 20.2 Å². The second-order valence-electron chi connectivity index (χ2n) is 7.50. The molecule has 2 aliphatic heterocycles. The Labute approximate surface area is 149 Å². The minimum absolute atomic E-state index is 0.00633. The molecule has 26 heavy (non-hydrogen) atoms. The molecule has 0 bridgehead atoms. The molecule has 2 unspecified atom stereocenters. The molecular weight excluding hydrogens is 347 g/mol. The van der Waals surface area contributed by atoms with Crippen molar-refractivity contribution in [2.45, 2.75) is 37.9 Å². The zero-order valence-electron chi connectivity index (χ0n) is 14.4. The van der Waals surface area contributed by atoms with Gasteiger partial charge in [-0.25, -0.2) is 14.8 Å². The number of amides is 2. The molecule has 1 saturated carbocycles. The molecule has 2 amide bonds. The monoisotopic (exact) mass is 369 g/mol. The van der Waals surface area contributed by atoms with E-state index in [1.165, 1.54) is 12.8 Å². The molecule has 2 atom stereocenters. The van der Waals surface area contributed by atoms with E-state index in [0.717, 1.165) is 25.1 Å². The number of carbonyl (C=O) groups excluding carboxylic acids is 1. The summed E-state index contributed by atoms with van der Waals surface area (Å²) in [4.78, 5) is 23.7. The number of aromatic nitrogens is 2. The minimum Gasteiger partial charge on any atom is -0.340 e. The number of urea groups is 1. The molecule has 3 fully saturated rings. The maximum atomic E-state index is 12.8. The van der Waals surface area contributed by atoms with Crippen LogP contribution >= 0.6 is 0 Å². The van der Waals surface area contributed by atoms with Crippen molar-refractivity contribution < 1.29 is 18.0 Å². The third-order valence-corrected chi connectivity index (χ3v) is 5.67. The molecule has 3 aliphatic rings. The highest BCUT2D eigenvalue weighted by molar-refractivity contribution is 5.75. The number of fused-ring (bicyclic) bond motifs is 1. The molecule has 1 aliphatic carbocycles. The van der Waals surface area contributed by atoms with Crippen LogP contribution in [0, 0.1) is 11.8 Å². The normalized spacial score (nSPS) is 26.4. The number of hydrogen-bond donors (Lipinski definition) is 1. The average molecular weight is 369 g/mol. The number of carbonyl (C=O) groups is 1. The Balaban J connectivity index is 1.35. The van der Waals surface area contributed by atoms with Gasteiger partial charge >= 0.3 is 12.2 Å². The van der Waals surface area contributed by atoms with E-state index in [9.17, 15) is 18.0 Å². The Morgan fingerprint density at radius 2 is 1.77 bits per heavy atom. The maximum absolute atomic E-state index is 12.8. The molecular formula is C17H22F3N5O. The average Bonchev–Trinajstić information content (AvgIpc) is 3.29. The van der Waals surface area contributed by atoms with E-state index in [1.807, 2.05) is 4.90 Å². The minimum atomic E-state index is -4.47. The summed E-state index contributed by atoms with van der Waals surface area (Å²) in [5.41, 5.74) is -0.919. The standard InChI is InChI=1S/C17H22F3N5O/c18-17(19,20)14-5-6-21-15(23-14)24-7-11-9-25(10-12(11)8-24)16(26)22-13-3-1-2-4-13/h5-6,11-13H,1-4,7-10H2,(H,22,26). The van der Waals surface area contributed by atoms with Gasteiger partial charge in [0.1, 0.15) is 5.69 Å². The number of hydrogen-bond acceptors (Lipinski definition) is 4. The Morgan fingerprint density at radius 1 is 1.12 bits per heavy atom. The fourth-order valence-corrected chi connectivity index (χ4v) is 4.32. The Hall–Kier alpha value is -2.06. The van der Waals surface area contributed by atoms with E-state index < -0.39 is 11.9 Å². The highest BCUT2D eigenvalue weighted by Crippen LogP contribution is 2.34. The van der Waals surface area contributed by atoms with E-state index in [0.29, 0.717) is 26.2 Å². The van der Waals surface area contributed by atoms with Crippen LogP contribution in [0.2, 0.25) is 0 Å². The smallest absolute Gasteiger partial charge is 0.340 e. The topological polar surface area (TPSA) is 61.4 Å². The van der Waals surface area contributed by atoms with E-state index >= 15 is 0 Å². The second-order valence-corrected chi connectivity index (χ2v) is 7.50. The largest absolute Gasteiger partial charge is 0.433 e. The predicted molar refractivity (Wildman–Crippen MR) is 88.6 cm³/mol. The number of nitrogens with zero attached hydrogens (tertiary/aromatic N) is 4. The van der Waals surface area contributed by atoms with E-state index in [4.69, 9.17) is 0 Å². The van der Waals surface area contributed by atoms with Crippen molar-refractivity contribution in [2.75, 3.05) is 31.1 Å². The summed E-state index contributed by atoms with van der Waals surface area (Å²) in [7, 11) is 0. The molecule has 6 nitrogen and oxygen atoms in total. The molecule has 0 radical (unpaired) electrons. The van der Waals surface area contributed by atoms with Crippen LogP contribution in [-0.4, -0.2) is 53.1 Å². The summed E-state index contributed by atoms with van der Waals surface area (Å²) >= 11 is 0. The van der Waals surface area contributed by atoms with Gasteiger partial charge in [0.2, 0.25) is 5.95 Å². The first-order valence-corrected chi connectivity index (χ1v) is 9.11. The van der Waals surface area contributed by atoms with Gasteiger partial charge in [-0.15, -0.1) is 0 Å². The van der Waals surface area contributed by atoms with Crippen LogP contribution in [0.3, 0.4) is 0 Å². The van der Waals surface area contributed by atoms with Gasteiger partial charge in [-0.2, -0.15) is 13.2 Å². The van der Waals surface area contributed by atoms with Crippen molar-refractivity contribution >= 4 is 12.0 Å². The zero-order valence-corrected chi connectivity index (χ0v) is 14.4. The van der Waals surface area contributed by atoms with Crippen LogP contribution in [-0.2, 0) is 6.18 Å². The lowest BCUT2D eigenvalue weighted by Crippen LogP contribution is -2.44. The van der Waals surface area contributed by atoms with E-state index in [1.54, 1.807) is 4.90 Å². The third kappa shape index (κ3) is 3.43. The second kappa shape index (κ2) is 6.59. The Bertz CT molecular complexity index is 663. The molecule has 9 heteroatoms. The van der Waals surface area contributed by atoms with Crippen LogP contribution in [0.4, 0.5) is 23.9 Å². The predicted octanol–water partition coefficient (Wildman–Crippen LogP) is 2.52. The van der Waals surface area contributed by atoms with Crippen LogP contribution < -0.4 is 10.2 Å². The van der Waals surface area contributed by atoms with Crippen molar-refractivity contribution in [1.29, 1.82) is 0 Å². The first-order chi connectivity index (χ1) is 12.4. The summed E-state index contributed by atoms with van der Waals surface area (Å²) in [6, 6.07) is 1.17. The van der Waals surface area contributed by atoms with Crippen LogP contribution in [0.1, 0.15) is 31.4 Å². The van der Waals surface area contributed by atoms with Crippen LogP contribution in [0.25, 0.3) is 0 Å². The van der Waals surface area contributed by atoms with Gasteiger partial charge in [-0.05, 0) is 18.9 Å². The lowest BCUT2D eigenvalue weighted by molar-refractivity contribution is -0.141. The van der Waals surface area contributed by atoms with Crippen molar-refractivity contribution in [3.05, 3.63) is 18.0 Å². The van der Waals surface area contributed by atoms with Gasteiger partial charge in [0.25, 0.3) is 0 Å². The van der Waals surface area contributed by atoms with Crippen molar-refractivity contribution in [2.24, 2.45) is 11.8 Å². The van der Waals surface area contributed by atoms with Gasteiger partial charge in [0, 0.05) is 50.3 Å². The van der Waals surface area contributed by atoms with Gasteiger partial charge < -0.3 is 15.1 Å². The molecule has 4 rings (SSSR count). The van der Waals surface area contributed by atoms with Crippen LogP contribution in [0.15, 0.2) is 12.3 Å². The molecule has 0 aromatic carbocycles. The van der Waals surface area contributed by atoms with Crippen molar-refractivity contribution in [3.63, 3.8) is 0 Å². The molecule has 1 aromatic rings. The molecule has 1 aromatic heterocycles. The first-order valence-electron chi connectivity index (χ1n) is 9.11. The van der Waals surface area contributed by atoms with Crippen molar-refractivity contribution in [3.8, 4) is 0 Å². The molecule has 2 saturated heterocycles. The fraction of sp³-hybridized carbons (Fsp3) is 0.706. The highest BCUT2D eigenvalue weighted by atomic mass is 19.4. The number of rotatable bonds is 2. The highest BCUT2D eigenvalue weighted by Gasteiger charge is 2.43.